The number of aromatic hydroxyl groups is 1. The second-order valence-electron chi connectivity index (χ2n) is 12.7. The van der Waals surface area contributed by atoms with Gasteiger partial charge in [-0.05, 0) is 62.7 Å². The van der Waals surface area contributed by atoms with Gasteiger partial charge >= 0.3 is 6.01 Å². The maximum absolute atomic E-state index is 12.0. The number of hydrogen-bond acceptors (Lipinski definition) is 23. The SMILES string of the molecule is [C-]#[N+]c1cnn(-c2cc(SOOO)cc(S(=O)(=O)O)c2)c1N=Nc1c(C)nn(-c2nc(O)nc(-n3nc(C)c(N=Nc4c(C#N)cnn4-c4cc(C)cc(S(=O)(=O)O)c4)c3N)n2)c1N. The van der Waals surface area contributed by atoms with E-state index in [4.69, 9.17) is 23.3 Å². The van der Waals surface area contributed by atoms with Gasteiger partial charge in [-0.15, -0.1) is 24.8 Å². The molecule has 32 heteroatoms. The molecule has 64 heavy (non-hydrogen) atoms. The van der Waals surface area contributed by atoms with Crippen molar-refractivity contribution < 1.29 is 45.7 Å². The Morgan fingerprint density at radius 3 is 1.84 bits per heavy atom. The van der Waals surface area contributed by atoms with Crippen molar-refractivity contribution in [3.05, 3.63) is 82.7 Å². The average Bonchev–Trinajstić information content (AvgIpc) is 3.99. The number of anilines is 2. The van der Waals surface area contributed by atoms with E-state index in [0.717, 1.165) is 43.1 Å². The first-order valence-corrected chi connectivity index (χ1v) is 20.7. The van der Waals surface area contributed by atoms with Crippen molar-refractivity contribution in [1.29, 1.82) is 5.26 Å². The van der Waals surface area contributed by atoms with Gasteiger partial charge in [0, 0.05) is 4.90 Å². The normalized spacial score (nSPS) is 12.1. The number of nitrogens with two attached hydrogens (primary N) is 2. The quantitative estimate of drug-likeness (QED) is 0.0230. The van der Waals surface area contributed by atoms with Crippen molar-refractivity contribution in [2.24, 2.45) is 20.5 Å². The third kappa shape index (κ3) is 8.68. The number of aryl methyl sites for hydroxylation is 3. The van der Waals surface area contributed by atoms with Crippen LogP contribution in [0, 0.1) is 38.7 Å². The maximum Gasteiger partial charge on any atom is 0.320 e. The van der Waals surface area contributed by atoms with E-state index in [1.165, 1.54) is 38.2 Å². The summed E-state index contributed by atoms with van der Waals surface area (Å²) in [6, 6.07) is 8.32. The summed E-state index contributed by atoms with van der Waals surface area (Å²) in [6.45, 7) is 12.2. The summed E-state index contributed by atoms with van der Waals surface area (Å²) in [5, 5.41) is 66.0. The van der Waals surface area contributed by atoms with E-state index in [9.17, 15) is 36.3 Å². The molecule has 0 spiro atoms. The van der Waals surface area contributed by atoms with Crippen LogP contribution in [0.4, 0.5) is 40.3 Å². The van der Waals surface area contributed by atoms with Crippen LogP contribution in [0.3, 0.4) is 0 Å². The summed E-state index contributed by atoms with van der Waals surface area (Å²) < 4.78 is 75.7. The van der Waals surface area contributed by atoms with E-state index >= 15 is 0 Å². The molecule has 0 bridgehead atoms. The molecular weight excluding hydrogens is 907 g/mol. The highest BCUT2D eigenvalue weighted by atomic mass is 32.2. The Morgan fingerprint density at radius 1 is 0.766 bits per heavy atom. The highest BCUT2D eigenvalue weighted by Crippen LogP contribution is 2.37. The largest absolute Gasteiger partial charge is 0.479 e. The van der Waals surface area contributed by atoms with Crippen LogP contribution in [-0.2, 0) is 29.6 Å². The third-order valence-electron chi connectivity index (χ3n) is 8.45. The van der Waals surface area contributed by atoms with Crippen LogP contribution < -0.4 is 11.5 Å². The highest BCUT2D eigenvalue weighted by Gasteiger charge is 2.24. The van der Waals surface area contributed by atoms with Crippen molar-refractivity contribution in [3.8, 4) is 35.4 Å². The van der Waals surface area contributed by atoms with E-state index in [-0.39, 0.29) is 85.5 Å². The second kappa shape index (κ2) is 17.0. The summed E-state index contributed by atoms with van der Waals surface area (Å²) in [6.07, 6.45) is 2.28. The van der Waals surface area contributed by atoms with Crippen LogP contribution in [0.1, 0.15) is 22.5 Å². The number of rotatable bonds is 13. The Morgan fingerprint density at radius 2 is 1.30 bits per heavy atom. The molecule has 0 fully saturated rings. The highest BCUT2D eigenvalue weighted by molar-refractivity contribution is 7.94. The minimum absolute atomic E-state index is 0.00771. The monoisotopic (exact) mass is 931 g/mol. The van der Waals surface area contributed by atoms with Crippen molar-refractivity contribution in [1.82, 2.24) is 54.1 Å². The number of nitriles is 1. The lowest BCUT2D eigenvalue weighted by molar-refractivity contribution is -0.432. The molecule has 0 atom stereocenters. The minimum atomic E-state index is -4.78. The van der Waals surface area contributed by atoms with Crippen molar-refractivity contribution in [2.75, 3.05) is 11.5 Å². The summed E-state index contributed by atoms with van der Waals surface area (Å²) in [4.78, 5) is 14.5. The summed E-state index contributed by atoms with van der Waals surface area (Å²) in [5.41, 5.74) is 13.3. The van der Waals surface area contributed by atoms with Crippen molar-refractivity contribution in [3.63, 3.8) is 0 Å². The lowest BCUT2D eigenvalue weighted by Crippen LogP contribution is -2.13. The fraction of sp³-hybridized carbons (Fsp3) is 0.0938. The number of benzene rings is 2. The van der Waals surface area contributed by atoms with Crippen LogP contribution in [0.2, 0.25) is 0 Å². The van der Waals surface area contributed by atoms with E-state index in [2.05, 4.69) is 70.0 Å². The lowest BCUT2D eigenvalue weighted by atomic mass is 10.2. The average molecular weight is 932 g/mol. The van der Waals surface area contributed by atoms with Crippen molar-refractivity contribution in [2.45, 2.75) is 35.5 Å². The Labute approximate surface area is 362 Å². The molecule has 5 heterocycles. The fourth-order valence-electron chi connectivity index (χ4n) is 5.68. The maximum atomic E-state index is 12.0. The molecule has 5 aromatic heterocycles. The van der Waals surface area contributed by atoms with Gasteiger partial charge in [-0.25, -0.2) is 19.5 Å². The van der Waals surface area contributed by atoms with Crippen LogP contribution >= 0.6 is 12.0 Å². The number of nitrogen functional groups attached to an aromatic ring is 2. The molecule has 0 aliphatic carbocycles. The molecule has 0 aliphatic heterocycles. The summed E-state index contributed by atoms with van der Waals surface area (Å²) in [7, 11) is -9.39. The molecule has 29 nitrogen and oxygen atoms in total. The molecule has 0 saturated heterocycles. The number of hydrogen-bond donors (Lipinski definition) is 6. The molecule has 0 unspecified atom stereocenters. The zero-order chi connectivity index (χ0) is 46.2. The Bertz CT molecular complexity index is 3400. The number of azo groups is 2. The summed E-state index contributed by atoms with van der Waals surface area (Å²) in [5.74, 6) is -1.52. The van der Waals surface area contributed by atoms with Gasteiger partial charge in [-0.1, -0.05) is 5.04 Å². The van der Waals surface area contributed by atoms with E-state index in [0.29, 0.717) is 17.6 Å². The van der Waals surface area contributed by atoms with Crippen LogP contribution in [0.25, 0.3) is 28.1 Å². The van der Waals surface area contributed by atoms with Crippen molar-refractivity contribution >= 4 is 72.6 Å². The summed E-state index contributed by atoms with van der Waals surface area (Å²) >= 11 is 0.380. The van der Waals surface area contributed by atoms with Crippen LogP contribution in [-0.4, -0.2) is 90.4 Å². The topological polar surface area (TPSA) is 407 Å². The molecule has 0 aliphatic rings. The van der Waals surface area contributed by atoms with Gasteiger partial charge in [0.25, 0.3) is 37.8 Å². The first-order chi connectivity index (χ1) is 30.3. The molecule has 0 radical (unpaired) electrons. The van der Waals surface area contributed by atoms with Gasteiger partial charge in [0.05, 0.1) is 63.6 Å². The first-order valence-electron chi connectivity index (χ1n) is 17.1. The Kier molecular flexibility index (Phi) is 11.7. The van der Waals surface area contributed by atoms with Gasteiger partial charge in [0.2, 0.25) is 0 Å². The van der Waals surface area contributed by atoms with E-state index < -0.39 is 36.0 Å². The molecule has 8 N–H and O–H groups in total. The third-order valence-corrected chi connectivity index (χ3v) is 10.7. The smallest absolute Gasteiger partial charge is 0.320 e. The van der Waals surface area contributed by atoms with E-state index in [1.807, 2.05) is 6.07 Å². The molecule has 2 aromatic carbocycles. The second-order valence-corrected chi connectivity index (χ2v) is 16.3. The predicted octanol–water partition coefficient (Wildman–Crippen LogP) is 4.58. The predicted molar refractivity (Wildman–Crippen MR) is 216 cm³/mol. The van der Waals surface area contributed by atoms with E-state index in [1.54, 1.807) is 6.92 Å². The fourth-order valence-corrected chi connectivity index (χ4v) is 7.36. The van der Waals surface area contributed by atoms with Gasteiger partial charge in [0.1, 0.15) is 11.6 Å². The molecule has 0 saturated carbocycles. The van der Waals surface area contributed by atoms with Crippen LogP contribution in [0.5, 0.6) is 6.01 Å². The zero-order valence-corrected chi connectivity index (χ0v) is 34.8. The molecule has 7 aromatic rings. The van der Waals surface area contributed by atoms with Gasteiger partial charge < -0.3 is 16.6 Å². The minimum Gasteiger partial charge on any atom is -0.479 e. The van der Waals surface area contributed by atoms with Gasteiger partial charge in [0.15, 0.2) is 34.6 Å². The van der Waals surface area contributed by atoms with Gasteiger partial charge in [-0.2, -0.15) is 66.8 Å². The molecular formula is C32H25N19O10S3. The Hall–Kier alpha value is -8.08. The molecule has 7 rings (SSSR count). The number of aromatic nitrogens is 11. The molecule has 0 amide bonds. The van der Waals surface area contributed by atoms with Crippen LogP contribution in [0.15, 0.2) is 83.9 Å². The zero-order valence-electron chi connectivity index (χ0n) is 32.3. The standard InChI is InChI=1S/C32H25N19O10S3/c1-14-5-18(8-21(6-14)63(54,55)56)48-28(17(11-33)12-37-48)44-42-24-15(2)46-50(26(24)34)30-39-31(41-32(52)40-30)51-27(35)25(16(3)47-51)43-45-29-23(36-4)13-38-49(29)19-7-20(62-61-60-53)10-22(9-19)64(57,58)59/h5-10,12-13,53H,34-35H2,1-3H3,(H,54,55,56)(H,57,58,59)(H,39,40,41,52). The first kappa shape index (κ1) is 44.0. The lowest BCUT2D eigenvalue weighted by Gasteiger charge is -2.09. The Balaban J connectivity index is 1.23. The molecule has 326 valence electrons. The van der Waals surface area contributed by atoms with Gasteiger partial charge in [-0.3, -0.25) is 9.11 Å². The number of nitrogens with zero attached hydrogens (tertiary/aromatic N) is 17.